The molecule has 0 aromatic rings. The fraction of sp³-hybridized carbons (Fsp3) is 1.00. The van der Waals surface area contributed by atoms with Gasteiger partial charge in [-0.05, 0) is 6.92 Å². The summed E-state index contributed by atoms with van der Waals surface area (Å²) in [5.41, 5.74) is 11.8. The highest BCUT2D eigenvalue weighted by Crippen LogP contribution is 2.29. The van der Waals surface area contributed by atoms with E-state index in [4.69, 9.17) is 25.7 Å². The van der Waals surface area contributed by atoms with Gasteiger partial charge in [0, 0.05) is 5.92 Å². The largest absolute Gasteiger partial charge is 0.394 e. The Hall–Kier alpha value is -0.360. The maximum Gasteiger partial charge on any atom is 0.176 e. The number of aliphatic hydroxyl groups is 4. The Morgan fingerprint density at radius 3 is 2.09 bits per heavy atom. The second kappa shape index (κ2) is 7.68. The van der Waals surface area contributed by atoms with Crippen LogP contribution in [0, 0.1) is 5.92 Å². The molecule has 0 aromatic carbocycles. The zero-order valence-corrected chi connectivity index (χ0v) is 13.4. The third-order valence-corrected chi connectivity index (χ3v) is 4.82. The van der Waals surface area contributed by atoms with Crippen molar-refractivity contribution in [1.82, 2.24) is 0 Å². The molecule has 10 unspecified atom stereocenters. The summed E-state index contributed by atoms with van der Waals surface area (Å²) in [5, 5.41) is 39.3. The summed E-state index contributed by atoms with van der Waals surface area (Å²) < 4.78 is 16.8. The van der Waals surface area contributed by atoms with Crippen LogP contribution in [-0.2, 0) is 14.2 Å². The highest BCUT2D eigenvalue weighted by Gasteiger charge is 2.47. The molecule has 2 rings (SSSR count). The molecule has 0 radical (unpaired) electrons. The number of hydrogen-bond donors (Lipinski definition) is 6. The molecule has 2 saturated heterocycles. The van der Waals surface area contributed by atoms with Gasteiger partial charge in [-0.2, -0.15) is 0 Å². The lowest BCUT2D eigenvalue weighted by atomic mass is 9.89. The van der Waals surface area contributed by atoms with Gasteiger partial charge in [-0.25, -0.2) is 0 Å². The Balaban J connectivity index is 2.11. The maximum atomic E-state index is 10.3. The first-order chi connectivity index (χ1) is 10.8. The van der Waals surface area contributed by atoms with Crippen LogP contribution in [0.1, 0.15) is 13.8 Å². The van der Waals surface area contributed by atoms with Crippen molar-refractivity contribution in [3.8, 4) is 0 Å². The molecule has 9 nitrogen and oxygen atoms in total. The van der Waals surface area contributed by atoms with Gasteiger partial charge in [0.2, 0.25) is 0 Å². The Bertz CT molecular complexity index is 384. The summed E-state index contributed by atoms with van der Waals surface area (Å²) in [5.74, 6) is -0.363. The molecule has 23 heavy (non-hydrogen) atoms. The third-order valence-electron chi connectivity index (χ3n) is 4.82. The molecule has 136 valence electrons. The van der Waals surface area contributed by atoms with E-state index in [1.807, 2.05) is 0 Å². The minimum atomic E-state index is -1.09. The zero-order chi connectivity index (χ0) is 17.3. The average Bonchev–Trinajstić information content (AvgIpc) is 2.55. The van der Waals surface area contributed by atoms with Gasteiger partial charge in [0.05, 0.1) is 43.6 Å². The average molecular weight is 336 g/mol. The molecule has 0 aromatic heterocycles. The van der Waals surface area contributed by atoms with Gasteiger partial charge in [0.1, 0.15) is 18.3 Å². The van der Waals surface area contributed by atoms with E-state index in [2.05, 4.69) is 0 Å². The summed E-state index contributed by atoms with van der Waals surface area (Å²) in [6, 6.07) is -1.56. The van der Waals surface area contributed by atoms with Crippen LogP contribution >= 0.6 is 0 Å². The van der Waals surface area contributed by atoms with E-state index in [1.54, 1.807) is 13.8 Å². The van der Waals surface area contributed by atoms with Crippen LogP contribution in [0.2, 0.25) is 0 Å². The van der Waals surface area contributed by atoms with Crippen LogP contribution < -0.4 is 11.5 Å². The van der Waals surface area contributed by atoms with Crippen molar-refractivity contribution < 1.29 is 34.6 Å². The van der Waals surface area contributed by atoms with Crippen molar-refractivity contribution >= 4 is 0 Å². The summed E-state index contributed by atoms with van der Waals surface area (Å²) in [6.45, 7) is 2.74. The number of aliphatic hydroxyl groups excluding tert-OH is 4. The van der Waals surface area contributed by atoms with Crippen molar-refractivity contribution in [2.45, 2.75) is 68.8 Å². The first-order valence-electron chi connectivity index (χ1n) is 7.87. The number of rotatable bonds is 4. The van der Waals surface area contributed by atoms with Crippen LogP contribution in [0.3, 0.4) is 0 Å². The SMILES string of the molecule is CC1OC(CO)C(OC2OC(CO)C(C)C(O)C2N)C(O)C1N. The predicted molar refractivity (Wildman–Crippen MR) is 79.2 cm³/mol. The molecule has 9 heteroatoms. The molecule has 2 aliphatic heterocycles. The molecule has 2 fully saturated rings. The maximum absolute atomic E-state index is 10.3. The van der Waals surface area contributed by atoms with Crippen LogP contribution in [0.15, 0.2) is 0 Å². The van der Waals surface area contributed by atoms with E-state index in [9.17, 15) is 20.4 Å². The fourth-order valence-corrected chi connectivity index (χ4v) is 3.08. The Labute approximate surface area is 135 Å². The highest BCUT2D eigenvalue weighted by atomic mass is 16.7. The van der Waals surface area contributed by atoms with Gasteiger partial charge in [0.25, 0.3) is 0 Å². The molecular formula is C14H28N2O7. The summed E-state index contributed by atoms with van der Waals surface area (Å²) in [7, 11) is 0. The molecule has 0 spiro atoms. The van der Waals surface area contributed by atoms with Crippen molar-refractivity contribution in [1.29, 1.82) is 0 Å². The van der Waals surface area contributed by atoms with Gasteiger partial charge in [0.15, 0.2) is 6.29 Å². The van der Waals surface area contributed by atoms with Crippen LogP contribution in [0.25, 0.3) is 0 Å². The van der Waals surface area contributed by atoms with Crippen molar-refractivity contribution in [2.24, 2.45) is 17.4 Å². The first-order valence-corrected chi connectivity index (χ1v) is 7.87. The summed E-state index contributed by atoms with van der Waals surface area (Å²) >= 11 is 0. The van der Waals surface area contributed by atoms with Crippen LogP contribution in [0.5, 0.6) is 0 Å². The third kappa shape index (κ3) is 3.68. The Morgan fingerprint density at radius 2 is 1.52 bits per heavy atom. The minimum absolute atomic E-state index is 0.297. The molecular weight excluding hydrogens is 308 g/mol. The lowest BCUT2D eigenvalue weighted by Crippen LogP contribution is -2.65. The molecule has 0 aliphatic carbocycles. The topological polar surface area (TPSA) is 161 Å². The lowest BCUT2D eigenvalue weighted by molar-refractivity contribution is -0.302. The molecule has 2 heterocycles. The molecule has 8 N–H and O–H groups in total. The van der Waals surface area contributed by atoms with Gasteiger partial charge < -0.3 is 46.1 Å². The second-order valence-electron chi connectivity index (χ2n) is 6.38. The predicted octanol–water partition coefficient (Wildman–Crippen LogP) is -3.12. The molecule has 0 saturated carbocycles. The van der Waals surface area contributed by atoms with Crippen LogP contribution in [-0.4, -0.2) is 88.6 Å². The number of hydrogen-bond acceptors (Lipinski definition) is 9. The molecule has 0 amide bonds. The van der Waals surface area contributed by atoms with Crippen molar-refractivity contribution in [3.63, 3.8) is 0 Å². The first kappa shape index (κ1) is 19.0. The number of ether oxygens (including phenoxy) is 3. The van der Waals surface area contributed by atoms with Crippen LogP contribution in [0.4, 0.5) is 0 Å². The van der Waals surface area contributed by atoms with E-state index < -0.39 is 55.0 Å². The smallest absolute Gasteiger partial charge is 0.176 e. The minimum Gasteiger partial charge on any atom is -0.394 e. The quantitative estimate of drug-likeness (QED) is 0.312. The molecule has 2 aliphatic rings. The van der Waals surface area contributed by atoms with Gasteiger partial charge in [-0.1, -0.05) is 6.92 Å². The van der Waals surface area contributed by atoms with E-state index in [-0.39, 0.29) is 19.1 Å². The van der Waals surface area contributed by atoms with E-state index in [0.29, 0.717) is 0 Å². The van der Waals surface area contributed by atoms with E-state index >= 15 is 0 Å². The van der Waals surface area contributed by atoms with Crippen molar-refractivity contribution in [2.75, 3.05) is 13.2 Å². The normalized spacial score (nSPS) is 51.7. The van der Waals surface area contributed by atoms with E-state index in [0.717, 1.165) is 0 Å². The van der Waals surface area contributed by atoms with Crippen molar-refractivity contribution in [3.05, 3.63) is 0 Å². The summed E-state index contributed by atoms with van der Waals surface area (Å²) in [4.78, 5) is 0. The van der Waals surface area contributed by atoms with Gasteiger partial charge >= 0.3 is 0 Å². The Morgan fingerprint density at radius 1 is 0.913 bits per heavy atom. The zero-order valence-electron chi connectivity index (χ0n) is 13.4. The second-order valence-corrected chi connectivity index (χ2v) is 6.38. The Kier molecular flexibility index (Phi) is 6.34. The van der Waals surface area contributed by atoms with Gasteiger partial charge in [-0.3, -0.25) is 0 Å². The highest BCUT2D eigenvalue weighted by molar-refractivity contribution is 4.96. The number of nitrogens with two attached hydrogens (primary N) is 2. The van der Waals surface area contributed by atoms with E-state index in [1.165, 1.54) is 0 Å². The summed E-state index contributed by atoms with van der Waals surface area (Å²) in [6.07, 6.45) is -5.92. The fourth-order valence-electron chi connectivity index (χ4n) is 3.08. The van der Waals surface area contributed by atoms with Gasteiger partial charge in [-0.15, -0.1) is 0 Å². The molecule has 0 bridgehead atoms. The standard InChI is InChI=1S/C14H28N2O7/c1-5-7(3-17)22-14(10(16)11(5)19)23-13-8(4-18)21-6(2)9(15)12(13)20/h5-14,17-20H,3-4,15-16H2,1-2H3. The lowest BCUT2D eigenvalue weighted by Gasteiger charge is -2.46. The molecule has 10 atom stereocenters. The monoisotopic (exact) mass is 336 g/mol.